The Morgan fingerprint density at radius 2 is 1.17 bits per heavy atom. The Hall–Kier alpha value is -6.64. The van der Waals surface area contributed by atoms with Crippen LogP contribution in [0.3, 0.4) is 0 Å². The molecule has 2 heteroatoms. The van der Waals surface area contributed by atoms with Gasteiger partial charge in [-0.2, -0.15) is 0 Å². The van der Waals surface area contributed by atoms with Crippen LogP contribution in [-0.2, 0) is 6.42 Å². The molecule has 0 bridgehead atoms. The molecule has 0 fully saturated rings. The molecule has 8 aromatic rings. The maximum absolute atomic E-state index is 5.31. The normalized spacial score (nSPS) is 15.0. The molecule has 0 spiro atoms. The summed E-state index contributed by atoms with van der Waals surface area (Å²) in [6.45, 7) is 0. The number of rotatable bonds is 6. The lowest BCUT2D eigenvalue weighted by Gasteiger charge is -2.19. The first-order valence-corrected chi connectivity index (χ1v) is 19.0. The molecule has 0 radical (unpaired) electrons. The fourth-order valence-electron chi connectivity index (χ4n) is 8.41. The number of aryl methyl sites for hydroxylation is 1. The van der Waals surface area contributed by atoms with E-state index in [9.17, 15) is 0 Å². The molecule has 2 aliphatic rings. The van der Waals surface area contributed by atoms with Gasteiger partial charge in [0.25, 0.3) is 0 Å². The van der Waals surface area contributed by atoms with E-state index in [0.717, 1.165) is 64.3 Å². The summed E-state index contributed by atoms with van der Waals surface area (Å²) in [7, 11) is 0. The maximum Gasteiger partial charge on any atom is 0.161 e. The van der Waals surface area contributed by atoms with Crippen LogP contribution in [0.25, 0.3) is 78.1 Å². The Bertz CT molecular complexity index is 2790. The van der Waals surface area contributed by atoms with Gasteiger partial charge in [-0.05, 0) is 104 Å². The SMILES string of the molecule is C1=Cc2c(c3ccccc3c3cc(-c4cccc(-c5ccccc5-c5nc(C6=CC(c7ccccc7)CC=C6)cc(-c6ccccc6)n5)c4)ccc23)CC1. The summed E-state index contributed by atoms with van der Waals surface area (Å²) in [5.74, 6) is 1.02. The number of benzene rings is 7. The molecular formula is C52H38N2. The summed E-state index contributed by atoms with van der Waals surface area (Å²) in [4.78, 5) is 10.6. The van der Waals surface area contributed by atoms with Crippen molar-refractivity contribution in [2.45, 2.75) is 25.2 Å². The molecule has 1 atom stereocenters. The van der Waals surface area contributed by atoms with Crippen LogP contribution in [-0.4, -0.2) is 9.97 Å². The lowest BCUT2D eigenvalue weighted by Crippen LogP contribution is -2.03. The van der Waals surface area contributed by atoms with Crippen LogP contribution in [0.15, 0.2) is 182 Å². The first-order valence-electron chi connectivity index (χ1n) is 19.0. The fraction of sp³-hybridized carbons (Fsp3) is 0.0769. The minimum Gasteiger partial charge on any atom is -0.228 e. The third-order valence-corrected chi connectivity index (χ3v) is 11.1. The minimum atomic E-state index is 0.301. The lowest BCUT2D eigenvalue weighted by molar-refractivity contribution is 0.856. The number of hydrogen-bond acceptors (Lipinski definition) is 2. The number of nitrogens with zero attached hydrogens (tertiary/aromatic N) is 2. The van der Waals surface area contributed by atoms with Gasteiger partial charge < -0.3 is 0 Å². The van der Waals surface area contributed by atoms with Crippen LogP contribution in [0.2, 0.25) is 0 Å². The van der Waals surface area contributed by atoms with Crippen molar-refractivity contribution in [3.05, 3.63) is 204 Å². The van der Waals surface area contributed by atoms with E-state index in [1.54, 1.807) is 0 Å². The number of fused-ring (bicyclic) bond motifs is 6. The lowest BCUT2D eigenvalue weighted by atomic mass is 9.85. The Morgan fingerprint density at radius 1 is 0.463 bits per heavy atom. The van der Waals surface area contributed by atoms with Gasteiger partial charge in [-0.15, -0.1) is 0 Å². The van der Waals surface area contributed by atoms with Crippen molar-refractivity contribution in [1.82, 2.24) is 9.97 Å². The minimum absolute atomic E-state index is 0.301. The molecule has 7 aromatic carbocycles. The molecule has 0 saturated carbocycles. The van der Waals surface area contributed by atoms with Gasteiger partial charge in [0.05, 0.1) is 11.4 Å². The summed E-state index contributed by atoms with van der Waals surface area (Å²) in [6.07, 6.45) is 14.7. The zero-order valence-corrected chi connectivity index (χ0v) is 30.0. The van der Waals surface area contributed by atoms with Gasteiger partial charge in [-0.3, -0.25) is 0 Å². The van der Waals surface area contributed by atoms with Gasteiger partial charge in [0.2, 0.25) is 0 Å². The Morgan fingerprint density at radius 3 is 2.04 bits per heavy atom. The predicted octanol–water partition coefficient (Wildman–Crippen LogP) is 13.5. The molecule has 2 aliphatic carbocycles. The smallest absolute Gasteiger partial charge is 0.161 e. The highest BCUT2D eigenvalue weighted by Gasteiger charge is 2.19. The van der Waals surface area contributed by atoms with Crippen molar-refractivity contribution in [3.8, 4) is 44.9 Å². The number of allylic oxidation sites excluding steroid dienone is 5. The van der Waals surface area contributed by atoms with Gasteiger partial charge in [-0.25, -0.2) is 9.97 Å². The zero-order valence-electron chi connectivity index (χ0n) is 30.0. The monoisotopic (exact) mass is 690 g/mol. The zero-order chi connectivity index (χ0) is 35.8. The van der Waals surface area contributed by atoms with E-state index >= 15 is 0 Å². The molecule has 54 heavy (non-hydrogen) atoms. The summed E-state index contributed by atoms with van der Waals surface area (Å²) >= 11 is 0. The summed E-state index contributed by atoms with van der Waals surface area (Å²) in [6, 6.07) is 56.7. The quantitative estimate of drug-likeness (QED) is 0.162. The molecule has 256 valence electrons. The van der Waals surface area contributed by atoms with E-state index in [4.69, 9.17) is 9.97 Å². The fourth-order valence-corrected chi connectivity index (χ4v) is 8.41. The highest BCUT2D eigenvalue weighted by atomic mass is 14.9. The molecule has 0 saturated heterocycles. The molecular weight excluding hydrogens is 653 g/mol. The third-order valence-electron chi connectivity index (χ3n) is 11.1. The maximum atomic E-state index is 5.31. The molecule has 1 aromatic heterocycles. The predicted molar refractivity (Wildman–Crippen MR) is 227 cm³/mol. The van der Waals surface area contributed by atoms with Crippen LogP contribution in [0, 0.1) is 0 Å². The van der Waals surface area contributed by atoms with E-state index in [-0.39, 0.29) is 0 Å². The molecule has 0 N–H and O–H groups in total. The van der Waals surface area contributed by atoms with Crippen molar-refractivity contribution >= 4 is 33.2 Å². The molecule has 2 nitrogen and oxygen atoms in total. The van der Waals surface area contributed by atoms with Gasteiger partial charge in [0, 0.05) is 17.0 Å². The largest absolute Gasteiger partial charge is 0.228 e. The topological polar surface area (TPSA) is 25.8 Å². The summed E-state index contributed by atoms with van der Waals surface area (Å²) in [5, 5.41) is 5.33. The summed E-state index contributed by atoms with van der Waals surface area (Å²) < 4.78 is 0. The van der Waals surface area contributed by atoms with Crippen LogP contribution in [0.4, 0.5) is 0 Å². The molecule has 0 amide bonds. The second-order valence-corrected chi connectivity index (χ2v) is 14.4. The van der Waals surface area contributed by atoms with Crippen LogP contribution in [0.5, 0.6) is 0 Å². The number of aromatic nitrogens is 2. The Balaban J connectivity index is 1.09. The van der Waals surface area contributed by atoms with Crippen molar-refractivity contribution in [3.63, 3.8) is 0 Å². The molecule has 1 heterocycles. The van der Waals surface area contributed by atoms with E-state index in [1.807, 2.05) is 0 Å². The van der Waals surface area contributed by atoms with E-state index in [0.29, 0.717) is 5.92 Å². The first-order chi connectivity index (χ1) is 26.8. The Labute approximate surface area is 316 Å². The van der Waals surface area contributed by atoms with E-state index in [1.165, 1.54) is 49.4 Å². The van der Waals surface area contributed by atoms with E-state index < -0.39 is 0 Å². The highest BCUT2D eigenvalue weighted by molar-refractivity contribution is 6.14. The van der Waals surface area contributed by atoms with Crippen LogP contribution < -0.4 is 0 Å². The van der Waals surface area contributed by atoms with Crippen molar-refractivity contribution < 1.29 is 0 Å². The molecule has 10 rings (SSSR count). The van der Waals surface area contributed by atoms with Crippen molar-refractivity contribution in [1.29, 1.82) is 0 Å². The third kappa shape index (κ3) is 5.87. The van der Waals surface area contributed by atoms with Gasteiger partial charge >= 0.3 is 0 Å². The van der Waals surface area contributed by atoms with E-state index in [2.05, 4.69) is 188 Å². The first kappa shape index (κ1) is 32.0. The highest BCUT2D eigenvalue weighted by Crippen LogP contribution is 2.40. The second kappa shape index (κ2) is 13.7. The van der Waals surface area contributed by atoms with Crippen molar-refractivity contribution in [2.24, 2.45) is 0 Å². The molecule has 1 unspecified atom stereocenters. The van der Waals surface area contributed by atoms with Crippen LogP contribution in [0.1, 0.15) is 41.1 Å². The van der Waals surface area contributed by atoms with Gasteiger partial charge in [0.15, 0.2) is 5.82 Å². The Kier molecular flexibility index (Phi) is 8.15. The second-order valence-electron chi connectivity index (χ2n) is 14.4. The standard InChI is InChI=1S/C52H38N2/c1-3-15-35(16-4-1)37-19-14-22-41(32-37)51-34-50(36-17-5-2-6-18-36)53-52(54-51)48-28-12-7-23-42(48)40-21-13-20-38(31-40)39-29-30-47-45-26-9-8-24-43(45)44-25-10-11-27-46(44)49(47)33-39/h1-7,9-18,20-23,25-34,37H,8,19,24H2. The van der Waals surface area contributed by atoms with Crippen molar-refractivity contribution in [2.75, 3.05) is 0 Å². The van der Waals surface area contributed by atoms with Crippen LogP contribution >= 0.6 is 0 Å². The molecule has 0 aliphatic heterocycles. The number of hydrogen-bond donors (Lipinski definition) is 0. The average molecular weight is 691 g/mol. The average Bonchev–Trinajstić information content (AvgIpc) is 3.27. The van der Waals surface area contributed by atoms with Gasteiger partial charge in [-0.1, -0.05) is 170 Å². The summed E-state index contributed by atoms with van der Waals surface area (Å²) in [5.41, 5.74) is 13.8. The van der Waals surface area contributed by atoms with Gasteiger partial charge in [0.1, 0.15) is 0 Å².